The van der Waals surface area contributed by atoms with E-state index >= 15 is 0 Å². The minimum atomic E-state index is -0.258. The first-order valence-electron chi connectivity index (χ1n) is 6.36. The average molecular weight is 257 g/mol. The zero-order chi connectivity index (χ0) is 13.5. The van der Waals surface area contributed by atoms with Gasteiger partial charge in [0.2, 0.25) is 5.91 Å². The van der Waals surface area contributed by atoms with Crippen LogP contribution in [-0.4, -0.2) is 48.2 Å². The highest BCUT2D eigenvalue weighted by molar-refractivity contribution is 5.90. The first-order chi connectivity index (χ1) is 8.60. The van der Waals surface area contributed by atoms with Gasteiger partial charge in [-0.3, -0.25) is 4.79 Å². The second-order valence-electron chi connectivity index (χ2n) is 4.89. The number of amidine groups is 1. The molecule has 0 aromatic carbocycles. The SMILES string of the molecule is COCC(C)CC(=O)N1CCCCC1C(N)=NO. The smallest absolute Gasteiger partial charge is 0.223 e. The fraction of sp³-hybridized carbons (Fsp3) is 0.833. The number of amides is 1. The van der Waals surface area contributed by atoms with E-state index in [-0.39, 0.29) is 23.7 Å². The third kappa shape index (κ3) is 3.87. The van der Waals surface area contributed by atoms with Crippen molar-refractivity contribution in [2.24, 2.45) is 16.8 Å². The fourth-order valence-corrected chi connectivity index (χ4v) is 2.36. The van der Waals surface area contributed by atoms with Crippen LogP contribution in [0.2, 0.25) is 0 Å². The van der Waals surface area contributed by atoms with Crippen LogP contribution in [0.5, 0.6) is 0 Å². The van der Waals surface area contributed by atoms with Gasteiger partial charge in [-0.1, -0.05) is 12.1 Å². The second-order valence-corrected chi connectivity index (χ2v) is 4.89. The Morgan fingerprint density at radius 3 is 2.94 bits per heavy atom. The summed E-state index contributed by atoms with van der Waals surface area (Å²) in [5, 5.41) is 11.8. The van der Waals surface area contributed by atoms with Crippen molar-refractivity contribution in [2.75, 3.05) is 20.3 Å². The predicted octanol–water partition coefficient (Wildman–Crippen LogP) is 0.787. The zero-order valence-corrected chi connectivity index (χ0v) is 11.1. The average Bonchev–Trinajstić information content (AvgIpc) is 2.38. The van der Waals surface area contributed by atoms with Gasteiger partial charge in [0.05, 0.1) is 6.04 Å². The van der Waals surface area contributed by atoms with Crippen LogP contribution in [0, 0.1) is 5.92 Å². The molecule has 0 aromatic rings. The van der Waals surface area contributed by atoms with Gasteiger partial charge in [-0.15, -0.1) is 0 Å². The summed E-state index contributed by atoms with van der Waals surface area (Å²) < 4.78 is 5.03. The number of carbonyl (C=O) groups excluding carboxylic acids is 1. The van der Waals surface area contributed by atoms with Crippen LogP contribution in [0.25, 0.3) is 0 Å². The topological polar surface area (TPSA) is 88.2 Å². The quantitative estimate of drug-likeness (QED) is 0.330. The molecule has 0 spiro atoms. The van der Waals surface area contributed by atoms with Crippen molar-refractivity contribution in [1.82, 2.24) is 4.90 Å². The Kier molecular flexibility index (Phi) is 5.91. The molecular weight excluding hydrogens is 234 g/mol. The highest BCUT2D eigenvalue weighted by Crippen LogP contribution is 2.19. The van der Waals surface area contributed by atoms with Crippen molar-refractivity contribution in [3.63, 3.8) is 0 Å². The van der Waals surface area contributed by atoms with Crippen LogP contribution in [0.3, 0.4) is 0 Å². The molecule has 1 aliphatic rings. The number of methoxy groups -OCH3 is 1. The van der Waals surface area contributed by atoms with Crippen LogP contribution < -0.4 is 5.73 Å². The summed E-state index contributed by atoms with van der Waals surface area (Å²) in [6.45, 7) is 3.22. The number of carbonyl (C=O) groups is 1. The molecule has 6 nitrogen and oxygen atoms in total. The third-order valence-electron chi connectivity index (χ3n) is 3.25. The number of ether oxygens (including phenoxy) is 1. The van der Waals surface area contributed by atoms with Crippen LogP contribution in [0.1, 0.15) is 32.6 Å². The number of hydrogen-bond acceptors (Lipinski definition) is 4. The highest BCUT2D eigenvalue weighted by atomic mass is 16.5. The minimum Gasteiger partial charge on any atom is -0.409 e. The number of hydrogen-bond donors (Lipinski definition) is 2. The van der Waals surface area contributed by atoms with Crippen molar-refractivity contribution in [1.29, 1.82) is 0 Å². The molecule has 1 rings (SSSR count). The lowest BCUT2D eigenvalue weighted by Gasteiger charge is -2.35. The summed E-state index contributed by atoms with van der Waals surface area (Å²) in [4.78, 5) is 13.9. The van der Waals surface area contributed by atoms with Gasteiger partial charge in [0.25, 0.3) is 0 Å². The van der Waals surface area contributed by atoms with Crippen molar-refractivity contribution >= 4 is 11.7 Å². The van der Waals surface area contributed by atoms with Gasteiger partial charge >= 0.3 is 0 Å². The number of nitrogens with zero attached hydrogens (tertiary/aromatic N) is 2. The summed E-state index contributed by atoms with van der Waals surface area (Å²) in [6.07, 6.45) is 3.17. The summed E-state index contributed by atoms with van der Waals surface area (Å²) >= 11 is 0. The van der Waals surface area contributed by atoms with Crippen molar-refractivity contribution < 1.29 is 14.7 Å². The molecule has 0 radical (unpaired) electrons. The highest BCUT2D eigenvalue weighted by Gasteiger charge is 2.30. The molecule has 0 aromatic heterocycles. The molecule has 6 heteroatoms. The number of oxime groups is 1. The van der Waals surface area contributed by atoms with Gasteiger partial charge in [-0.2, -0.15) is 0 Å². The molecule has 1 amide bonds. The van der Waals surface area contributed by atoms with Gasteiger partial charge in [0, 0.05) is 26.7 Å². The molecule has 0 aliphatic carbocycles. The maximum absolute atomic E-state index is 12.2. The van der Waals surface area contributed by atoms with Gasteiger partial charge in [0.15, 0.2) is 5.84 Å². The van der Waals surface area contributed by atoms with Crippen molar-refractivity contribution in [3.8, 4) is 0 Å². The Morgan fingerprint density at radius 2 is 2.33 bits per heavy atom. The van der Waals surface area contributed by atoms with E-state index in [4.69, 9.17) is 15.7 Å². The van der Waals surface area contributed by atoms with Gasteiger partial charge in [0.1, 0.15) is 0 Å². The minimum absolute atomic E-state index is 0.0517. The van der Waals surface area contributed by atoms with Gasteiger partial charge in [-0.25, -0.2) is 0 Å². The molecule has 3 N–H and O–H groups in total. The van der Waals surface area contributed by atoms with Gasteiger partial charge < -0.3 is 20.6 Å². The second kappa shape index (κ2) is 7.20. The number of likely N-dealkylation sites (tertiary alicyclic amines) is 1. The number of rotatable bonds is 5. The molecule has 1 aliphatic heterocycles. The van der Waals surface area contributed by atoms with E-state index in [1.807, 2.05) is 6.92 Å². The molecule has 1 fully saturated rings. The Balaban J connectivity index is 2.63. The Bertz CT molecular complexity index is 307. The largest absolute Gasteiger partial charge is 0.409 e. The molecule has 0 bridgehead atoms. The normalized spacial score (nSPS) is 22.9. The summed E-state index contributed by atoms with van der Waals surface area (Å²) in [5.74, 6) is 0.357. The molecule has 18 heavy (non-hydrogen) atoms. The monoisotopic (exact) mass is 257 g/mol. The lowest BCUT2D eigenvalue weighted by atomic mass is 9.99. The first kappa shape index (κ1) is 14.8. The summed E-state index contributed by atoms with van der Waals surface area (Å²) in [5.41, 5.74) is 5.65. The van der Waals surface area contributed by atoms with E-state index in [0.717, 1.165) is 19.3 Å². The molecule has 0 saturated carbocycles. The molecule has 1 heterocycles. The summed E-state index contributed by atoms with van der Waals surface area (Å²) in [7, 11) is 1.63. The van der Waals surface area contributed by atoms with Crippen LogP contribution >= 0.6 is 0 Å². The molecular formula is C12H23N3O3. The molecule has 1 saturated heterocycles. The molecule has 2 atom stereocenters. The summed E-state index contributed by atoms with van der Waals surface area (Å²) in [6, 6.07) is -0.258. The van der Waals surface area contributed by atoms with E-state index in [0.29, 0.717) is 19.6 Å². The van der Waals surface area contributed by atoms with Crippen LogP contribution in [0.15, 0.2) is 5.16 Å². The Hall–Kier alpha value is -1.30. The fourth-order valence-electron chi connectivity index (χ4n) is 2.36. The third-order valence-corrected chi connectivity index (χ3v) is 3.25. The Labute approximate surface area is 108 Å². The van der Waals surface area contributed by atoms with Crippen molar-refractivity contribution in [2.45, 2.75) is 38.6 Å². The number of nitrogens with two attached hydrogens (primary N) is 1. The lowest BCUT2D eigenvalue weighted by molar-refractivity contribution is -0.134. The van der Waals surface area contributed by atoms with Crippen molar-refractivity contribution in [3.05, 3.63) is 0 Å². The maximum Gasteiger partial charge on any atom is 0.223 e. The van der Waals surface area contributed by atoms with Crippen LogP contribution in [0.4, 0.5) is 0 Å². The standard InChI is InChI=1S/C12H23N3O3/c1-9(8-18-2)7-11(16)15-6-4-3-5-10(15)12(13)14-17/h9-10,17H,3-8H2,1-2H3,(H2,13,14). The predicted molar refractivity (Wildman–Crippen MR) is 68.4 cm³/mol. The Morgan fingerprint density at radius 1 is 1.61 bits per heavy atom. The van der Waals surface area contributed by atoms with E-state index in [2.05, 4.69) is 5.16 Å². The van der Waals surface area contributed by atoms with E-state index in [9.17, 15) is 4.79 Å². The van der Waals surface area contributed by atoms with E-state index < -0.39 is 0 Å². The van der Waals surface area contributed by atoms with E-state index in [1.165, 1.54) is 0 Å². The van der Waals surface area contributed by atoms with Gasteiger partial charge in [-0.05, 0) is 25.2 Å². The van der Waals surface area contributed by atoms with Crippen LogP contribution in [-0.2, 0) is 9.53 Å². The van der Waals surface area contributed by atoms with E-state index in [1.54, 1.807) is 12.0 Å². The lowest BCUT2D eigenvalue weighted by Crippen LogP contribution is -2.50. The first-order valence-corrected chi connectivity index (χ1v) is 6.36. The molecule has 104 valence electrons. The maximum atomic E-state index is 12.2. The molecule has 2 unspecified atom stereocenters. The zero-order valence-electron chi connectivity index (χ0n) is 11.1. The number of piperidine rings is 1.